The zero-order valence-electron chi connectivity index (χ0n) is 31.7. The summed E-state index contributed by atoms with van der Waals surface area (Å²) < 4.78 is 11.4. The summed E-state index contributed by atoms with van der Waals surface area (Å²) in [6.45, 7) is 7.63. The molecule has 9 rings (SSSR count). The number of rotatable bonds is 9. The number of fused-ring (bicyclic) bond motifs is 3. The molecule has 3 aliphatic rings. The first kappa shape index (κ1) is 36.0. The number of esters is 1. The highest BCUT2D eigenvalue weighted by atomic mass is 16.6. The summed E-state index contributed by atoms with van der Waals surface area (Å²) in [5.74, 6) is 0.873. The van der Waals surface area contributed by atoms with E-state index >= 15 is 0 Å². The number of aliphatic hydroxyl groups is 1. The van der Waals surface area contributed by atoms with Crippen LogP contribution in [0.15, 0.2) is 77.5 Å². The molecule has 3 aromatic carbocycles. The van der Waals surface area contributed by atoms with Crippen LogP contribution in [0.1, 0.15) is 53.1 Å². The molecule has 5 heterocycles. The van der Waals surface area contributed by atoms with Gasteiger partial charge < -0.3 is 19.6 Å². The van der Waals surface area contributed by atoms with Gasteiger partial charge in [0.2, 0.25) is 5.58 Å². The zero-order chi connectivity index (χ0) is 38.7. The lowest BCUT2D eigenvalue weighted by atomic mass is 9.82. The molecular formula is C44H44N6O6. The number of likely N-dealkylation sites (tertiary alicyclic amines) is 2. The van der Waals surface area contributed by atoms with E-state index in [4.69, 9.17) is 14.1 Å². The number of carbonyl (C=O) groups excluding carboxylic acids is 1. The molecule has 0 amide bonds. The Balaban J connectivity index is 1.02. The lowest BCUT2D eigenvalue weighted by Crippen LogP contribution is -2.52. The van der Waals surface area contributed by atoms with Crippen LogP contribution in [-0.4, -0.2) is 75.2 Å². The third-order valence-corrected chi connectivity index (χ3v) is 12.0. The second kappa shape index (κ2) is 14.4. The van der Waals surface area contributed by atoms with E-state index in [0.29, 0.717) is 48.6 Å². The van der Waals surface area contributed by atoms with Crippen molar-refractivity contribution in [1.82, 2.24) is 19.8 Å². The van der Waals surface area contributed by atoms with Crippen molar-refractivity contribution in [2.24, 2.45) is 5.92 Å². The Morgan fingerprint density at radius 1 is 1.00 bits per heavy atom. The maximum absolute atomic E-state index is 12.7. The van der Waals surface area contributed by atoms with Crippen molar-refractivity contribution in [2.75, 3.05) is 38.6 Å². The number of nitrogens with one attached hydrogen (secondary N) is 1. The second-order valence-corrected chi connectivity index (χ2v) is 15.5. The number of hydrogen-bond acceptors (Lipinski definition) is 11. The van der Waals surface area contributed by atoms with Crippen molar-refractivity contribution in [3.8, 4) is 22.5 Å². The van der Waals surface area contributed by atoms with Crippen molar-refractivity contribution < 1.29 is 24.0 Å². The van der Waals surface area contributed by atoms with E-state index in [0.717, 1.165) is 93.4 Å². The summed E-state index contributed by atoms with van der Waals surface area (Å²) >= 11 is 0. The molecule has 0 saturated carbocycles. The molecule has 0 spiro atoms. The van der Waals surface area contributed by atoms with Gasteiger partial charge in [0.1, 0.15) is 11.3 Å². The molecule has 2 atom stereocenters. The molecule has 1 aliphatic carbocycles. The van der Waals surface area contributed by atoms with E-state index in [9.17, 15) is 20.0 Å². The topological polar surface area (TPSA) is 147 Å². The summed E-state index contributed by atoms with van der Waals surface area (Å²) in [6.07, 6.45) is 6.54. The van der Waals surface area contributed by atoms with Crippen LogP contribution in [0, 0.1) is 29.9 Å². The average molecular weight is 753 g/mol. The molecule has 2 aliphatic heterocycles. The van der Waals surface area contributed by atoms with Gasteiger partial charge >= 0.3 is 11.7 Å². The van der Waals surface area contributed by atoms with E-state index in [1.54, 1.807) is 6.20 Å². The molecule has 2 N–H and O–H groups in total. The standard InChI is InChI=1S/C44H44N6O6/c1-25-32(33-8-5-11-37(26(33)2)47-43-40-28(13-15-45-43)17-27(20-46-40)21-48-16-14-31(51)24-48)7-4-9-34(25)39-19-29-18-36-35(41(50(53)54)42(29)56-39)10-6-12-38(36)49-22-30(23-49)44(52)55-3/h4-5,7-9,11,13,15,17-20,30-31,38,51H,6,10,12,14,16,21-24H2,1-3H3,(H,45,47)/t31-,38?/m1/s1. The molecule has 56 heavy (non-hydrogen) atoms. The summed E-state index contributed by atoms with van der Waals surface area (Å²) in [5.41, 5.74) is 9.77. The number of aromatic nitrogens is 2. The largest absolute Gasteiger partial charge is 0.469 e. The SMILES string of the molecule is COC(=O)C1CN(C2CCCc3c2cc2cc(-c4cccc(-c5cccc(Nc6nccc7cc(CN8CC[C@@H](O)C8)cnc67)c5C)c4C)oc2c3[N+](=O)[O-])C1. The number of aliphatic hydroxyl groups excluding tert-OH is 1. The number of nitrogens with zero attached hydrogens (tertiary/aromatic N) is 5. The molecule has 286 valence electrons. The Kier molecular flexibility index (Phi) is 9.27. The van der Waals surface area contributed by atoms with Crippen molar-refractivity contribution >= 4 is 45.0 Å². The molecule has 12 heteroatoms. The van der Waals surface area contributed by atoms with Crippen LogP contribution in [0.2, 0.25) is 0 Å². The summed E-state index contributed by atoms with van der Waals surface area (Å²) in [6, 6.07) is 20.4. The first-order valence-corrected chi connectivity index (χ1v) is 19.3. The lowest BCUT2D eigenvalue weighted by molar-refractivity contribution is -0.384. The van der Waals surface area contributed by atoms with Gasteiger partial charge in [-0.3, -0.25) is 29.7 Å². The normalized spacial score (nSPS) is 18.9. The Morgan fingerprint density at radius 3 is 2.55 bits per heavy atom. The number of pyridine rings is 2. The molecule has 2 fully saturated rings. The number of nitro benzene ring substituents is 1. The highest BCUT2D eigenvalue weighted by molar-refractivity contribution is 5.94. The Hall–Kier alpha value is -5.69. The fourth-order valence-corrected chi connectivity index (χ4v) is 9.08. The number of ether oxygens (including phenoxy) is 1. The number of methoxy groups -OCH3 is 1. The molecule has 3 aromatic heterocycles. The molecule has 1 unspecified atom stereocenters. The predicted octanol–water partition coefficient (Wildman–Crippen LogP) is 8.03. The fourth-order valence-electron chi connectivity index (χ4n) is 9.08. The number of furan rings is 1. The number of hydrogen-bond donors (Lipinski definition) is 2. The second-order valence-electron chi connectivity index (χ2n) is 15.5. The van der Waals surface area contributed by atoms with Crippen LogP contribution in [0.5, 0.6) is 0 Å². The summed E-state index contributed by atoms with van der Waals surface area (Å²) in [7, 11) is 1.41. The molecule has 12 nitrogen and oxygen atoms in total. The molecule has 0 bridgehead atoms. The van der Waals surface area contributed by atoms with Gasteiger partial charge in [0.05, 0.1) is 24.1 Å². The van der Waals surface area contributed by atoms with Gasteiger partial charge in [-0.2, -0.15) is 0 Å². The van der Waals surface area contributed by atoms with Crippen LogP contribution >= 0.6 is 0 Å². The minimum Gasteiger partial charge on any atom is -0.469 e. The van der Waals surface area contributed by atoms with Crippen molar-refractivity contribution in [1.29, 1.82) is 0 Å². The van der Waals surface area contributed by atoms with Crippen molar-refractivity contribution in [3.63, 3.8) is 0 Å². The fraction of sp³-hybridized carbons (Fsp3) is 0.341. The monoisotopic (exact) mass is 752 g/mol. The quantitative estimate of drug-likeness (QED) is 0.0841. The van der Waals surface area contributed by atoms with Crippen LogP contribution in [-0.2, 0) is 22.5 Å². The molecule has 0 radical (unpaired) electrons. The Labute approximate surface area is 324 Å². The minimum atomic E-state index is -0.296. The van der Waals surface area contributed by atoms with E-state index in [2.05, 4.69) is 58.2 Å². The van der Waals surface area contributed by atoms with Crippen LogP contribution < -0.4 is 5.32 Å². The van der Waals surface area contributed by atoms with E-state index in [1.807, 2.05) is 42.6 Å². The first-order chi connectivity index (χ1) is 27.2. The number of β-amino-alcohol motifs (C(OH)–C–C–N with tert-alkyl or cyclic N) is 1. The Morgan fingerprint density at radius 2 is 1.79 bits per heavy atom. The van der Waals surface area contributed by atoms with Gasteiger partial charge in [-0.05, 0) is 103 Å². The zero-order valence-corrected chi connectivity index (χ0v) is 31.7. The average Bonchev–Trinajstić information content (AvgIpc) is 3.79. The predicted molar refractivity (Wildman–Crippen MR) is 215 cm³/mol. The Bertz CT molecular complexity index is 2530. The highest BCUT2D eigenvalue weighted by Gasteiger charge is 2.41. The highest BCUT2D eigenvalue weighted by Crippen LogP contribution is 2.47. The van der Waals surface area contributed by atoms with Gasteiger partial charge in [-0.25, -0.2) is 4.98 Å². The van der Waals surface area contributed by atoms with Crippen molar-refractivity contribution in [3.05, 3.63) is 111 Å². The van der Waals surface area contributed by atoms with Crippen LogP contribution in [0.25, 0.3) is 44.3 Å². The third kappa shape index (κ3) is 6.37. The van der Waals surface area contributed by atoms with E-state index < -0.39 is 0 Å². The van der Waals surface area contributed by atoms with Crippen molar-refractivity contribution in [2.45, 2.75) is 58.2 Å². The van der Waals surface area contributed by atoms with Gasteiger partial charge in [-0.1, -0.05) is 30.3 Å². The number of benzene rings is 3. The van der Waals surface area contributed by atoms with Gasteiger partial charge in [0.15, 0.2) is 5.82 Å². The van der Waals surface area contributed by atoms with E-state index in [1.165, 1.54) is 7.11 Å². The van der Waals surface area contributed by atoms with Gasteiger partial charge in [0, 0.05) is 78.7 Å². The molecule has 2 saturated heterocycles. The summed E-state index contributed by atoms with van der Waals surface area (Å²) in [5, 5.41) is 27.9. The maximum atomic E-state index is 12.7. The van der Waals surface area contributed by atoms with E-state index in [-0.39, 0.29) is 34.6 Å². The van der Waals surface area contributed by atoms with Crippen LogP contribution in [0.4, 0.5) is 17.2 Å². The smallest absolute Gasteiger partial charge is 0.315 e. The van der Waals surface area contributed by atoms with Gasteiger partial charge in [-0.15, -0.1) is 0 Å². The number of nitro groups is 1. The summed E-state index contributed by atoms with van der Waals surface area (Å²) in [4.78, 5) is 38.5. The minimum absolute atomic E-state index is 0.00276. The third-order valence-electron chi connectivity index (χ3n) is 12.0. The number of carbonyl (C=O) groups is 1. The first-order valence-electron chi connectivity index (χ1n) is 19.3. The van der Waals surface area contributed by atoms with Crippen LogP contribution in [0.3, 0.4) is 0 Å². The number of anilines is 2. The molecular weight excluding hydrogens is 709 g/mol. The lowest BCUT2D eigenvalue weighted by Gasteiger charge is -2.44. The molecule has 6 aromatic rings. The maximum Gasteiger partial charge on any atom is 0.315 e. The van der Waals surface area contributed by atoms with Gasteiger partial charge in [0.25, 0.3) is 0 Å².